The predicted molar refractivity (Wildman–Crippen MR) is 156 cm³/mol. The van der Waals surface area contributed by atoms with Gasteiger partial charge >= 0.3 is 5.97 Å². The van der Waals surface area contributed by atoms with Crippen molar-refractivity contribution in [3.8, 4) is 5.75 Å². The predicted octanol–water partition coefficient (Wildman–Crippen LogP) is 4.03. The molecule has 2 aromatic carbocycles. The third-order valence-electron chi connectivity index (χ3n) is 11.4. The van der Waals surface area contributed by atoms with E-state index in [1.807, 2.05) is 35.2 Å². The number of nitrogens with zero attached hydrogens (tertiary/aromatic N) is 2. The van der Waals surface area contributed by atoms with E-state index in [2.05, 4.69) is 16.3 Å². The zero-order valence-electron chi connectivity index (χ0n) is 24.5. The van der Waals surface area contributed by atoms with Gasteiger partial charge < -0.3 is 19.7 Å². The Balaban J connectivity index is 0.855. The van der Waals surface area contributed by atoms with Crippen molar-refractivity contribution in [2.75, 3.05) is 39.8 Å². The molecule has 2 bridgehead atoms. The van der Waals surface area contributed by atoms with E-state index in [1.165, 1.54) is 39.2 Å². The Hall–Kier alpha value is -3.39. The molecule has 4 aliphatic carbocycles. The molecule has 4 saturated carbocycles. The van der Waals surface area contributed by atoms with E-state index in [1.54, 1.807) is 12.1 Å². The topological polar surface area (TPSA) is 88.2 Å². The van der Waals surface area contributed by atoms with Crippen LogP contribution in [0.15, 0.2) is 48.5 Å². The van der Waals surface area contributed by atoms with Gasteiger partial charge in [0.05, 0.1) is 19.2 Å². The van der Waals surface area contributed by atoms with Gasteiger partial charge in [-0.1, -0.05) is 30.3 Å². The van der Waals surface area contributed by atoms with Crippen molar-refractivity contribution in [2.24, 2.45) is 28.6 Å². The van der Waals surface area contributed by atoms with Gasteiger partial charge in [0.25, 0.3) is 0 Å². The summed E-state index contributed by atoms with van der Waals surface area (Å²) in [4.78, 5) is 41.8. The van der Waals surface area contributed by atoms with Gasteiger partial charge in [0, 0.05) is 44.7 Å². The molecule has 222 valence electrons. The number of amides is 2. The molecule has 2 amide bonds. The fraction of sp³-hybridized carbons (Fsp3) is 0.559. The van der Waals surface area contributed by atoms with Crippen LogP contribution in [0.25, 0.3) is 0 Å². The molecule has 1 spiro atoms. The molecule has 8 heteroatoms. The number of carbonyl (C=O) groups excluding carboxylic acids is 3. The summed E-state index contributed by atoms with van der Waals surface area (Å²) < 4.78 is 10.9. The molecule has 1 heterocycles. The minimum Gasteiger partial charge on any atom is -0.489 e. The van der Waals surface area contributed by atoms with Gasteiger partial charge in [-0.05, 0) is 84.5 Å². The average Bonchev–Trinajstić information content (AvgIpc) is 3.49. The Morgan fingerprint density at radius 2 is 1.71 bits per heavy atom. The number of benzene rings is 2. The number of nitrogens with one attached hydrogen (secondary N) is 1. The zero-order chi connectivity index (χ0) is 28.9. The van der Waals surface area contributed by atoms with E-state index in [9.17, 15) is 14.4 Å². The molecule has 5 fully saturated rings. The van der Waals surface area contributed by atoms with E-state index < -0.39 is 0 Å². The van der Waals surface area contributed by atoms with Crippen LogP contribution in [0.5, 0.6) is 5.75 Å². The molecule has 2 aromatic rings. The highest BCUT2D eigenvalue weighted by atomic mass is 16.5. The number of methoxy groups -OCH3 is 1. The van der Waals surface area contributed by atoms with E-state index >= 15 is 0 Å². The van der Waals surface area contributed by atoms with Crippen molar-refractivity contribution >= 4 is 17.8 Å². The molecule has 5 unspecified atom stereocenters. The Morgan fingerprint density at radius 1 is 0.929 bits per heavy atom. The molecule has 1 N–H and O–H groups in total. The summed E-state index contributed by atoms with van der Waals surface area (Å²) in [7, 11) is 1.37. The van der Waals surface area contributed by atoms with Gasteiger partial charge in [0.1, 0.15) is 12.4 Å². The first-order chi connectivity index (χ1) is 20.4. The molecular formula is C34H41N3O5. The van der Waals surface area contributed by atoms with Gasteiger partial charge in [-0.2, -0.15) is 0 Å². The lowest BCUT2D eigenvalue weighted by Crippen LogP contribution is -2.67. The largest absolute Gasteiger partial charge is 0.489 e. The van der Waals surface area contributed by atoms with Gasteiger partial charge in [-0.25, -0.2) is 4.79 Å². The summed E-state index contributed by atoms with van der Waals surface area (Å²) in [5.41, 5.74) is 3.32. The monoisotopic (exact) mass is 571 g/mol. The van der Waals surface area contributed by atoms with Crippen molar-refractivity contribution in [1.82, 2.24) is 15.1 Å². The van der Waals surface area contributed by atoms with Crippen LogP contribution in [0.4, 0.5) is 0 Å². The number of carbonyl (C=O) groups is 3. The van der Waals surface area contributed by atoms with E-state index in [0.717, 1.165) is 54.3 Å². The number of para-hydroxylation sites is 1. The minimum absolute atomic E-state index is 0.0153. The summed E-state index contributed by atoms with van der Waals surface area (Å²) in [5, 5.41) is 2.99. The smallest absolute Gasteiger partial charge is 0.337 e. The van der Waals surface area contributed by atoms with Gasteiger partial charge in [-0.3, -0.25) is 14.5 Å². The zero-order valence-corrected chi connectivity index (χ0v) is 24.5. The van der Waals surface area contributed by atoms with Gasteiger partial charge in [0.15, 0.2) is 0 Å². The SMILES string of the molecule is COC(=O)c1ccc(COc2ccccc2CN2CCN(C(=O)CNC(=O)CC34CC5CC6CC(C3)C64C5)CC2)cc1. The lowest BCUT2D eigenvalue weighted by atomic mass is 9.31. The van der Waals surface area contributed by atoms with Crippen LogP contribution in [-0.4, -0.2) is 67.4 Å². The lowest BCUT2D eigenvalue weighted by molar-refractivity contribution is -0.245. The van der Waals surface area contributed by atoms with Crippen LogP contribution in [0.1, 0.15) is 60.0 Å². The van der Waals surface area contributed by atoms with Gasteiger partial charge in [-0.15, -0.1) is 0 Å². The summed E-state index contributed by atoms with van der Waals surface area (Å²) in [6.07, 6.45) is 7.26. The third-order valence-corrected chi connectivity index (χ3v) is 11.4. The van der Waals surface area contributed by atoms with Crippen molar-refractivity contribution in [3.63, 3.8) is 0 Å². The maximum atomic E-state index is 12.9. The highest BCUT2D eigenvalue weighted by Crippen LogP contribution is 2.87. The second-order valence-electron chi connectivity index (χ2n) is 13.4. The summed E-state index contributed by atoms with van der Waals surface area (Å²) in [5.74, 6) is 3.17. The number of fused-ring (bicyclic) bond motifs is 1. The quantitative estimate of drug-likeness (QED) is 0.434. The number of hydrogen-bond donors (Lipinski definition) is 1. The first-order valence-electron chi connectivity index (χ1n) is 15.5. The normalized spacial score (nSPS) is 30.6. The Morgan fingerprint density at radius 3 is 2.45 bits per heavy atom. The molecule has 1 saturated heterocycles. The van der Waals surface area contributed by atoms with E-state index in [-0.39, 0.29) is 29.7 Å². The van der Waals surface area contributed by atoms with Crippen LogP contribution in [-0.2, 0) is 27.5 Å². The number of ether oxygens (including phenoxy) is 2. The average molecular weight is 572 g/mol. The molecule has 5 aliphatic rings. The standard InChI is InChI=1S/C34H41N3O5/c1-41-32(40)25-8-6-23(7-9-25)22-42-29-5-3-2-4-26(29)21-36-10-12-37(13-11-36)31(39)20-35-30(38)19-33-16-24-14-27-15-28(18-33)34(27,33)17-24/h2-9,24,27-28H,10-22H2,1H3,(H,35,38). The minimum atomic E-state index is -0.354. The maximum absolute atomic E-state index is 12.9. The third kappa shape index (κ3) is 4.59. The van der Waals surface area contributed by atoms with Crippen molar-refractivity contribution in [2.45, 2.75) is 51.7 Å². The van der Waals surface area contributed by atoms with Crippen molar-refractivity contribution in [3.05, 3.63) is 65.2 Å². The van der Waals surface area contributed by atoms with Crippen LogP contribution >= 0.6 is 0 Å². The molecule has 0 radical (unpaired) electrons. The molecule has 1 aliphatic heterocycles. The number of hydrogen-bond acceptors (Lipinski definition) is 6. The first kappa shape index (κ1) is 27.4. The molecule has 5 atom stereocenters. The van der Waals surface area contributed by atoms with E-state index in [0.29, 0.717) is 37.1 Å². The van der Waals surface area contributed by atoms with Crippen LogP contribution < -0.4 is 10.1 Å². The molecule has 0 aromatic heterocycles. The summed E-state index contributed by atoms with van der Waals surface area (Å²) >= 11 is 0. The molecule has 8 nitrogen and oxygen atoms in total. The fourth-order valence-corrected chi connectivity index (χ4v) is 9.55. The molecular weight excluding hydrogens is 530 g/mol. The number of esters is 1. The van der Waals surface area contributed by atoms with Crippen molar-refractivity contribution < 1.29 is 23.9 Å². The second kappa shape index (κ2) is 10.7. The first-order valence-corrected chi connectivity index (χ1v) is 15.5. The van der Waals surface area contributed by atoms with Gasteiger partial charge in [0.2, 0.25) is 11.8 Å². The Bertz CT molecular complexity index is 1370. The highest BCUT2D eigenvalue weighted by molar-refractivity contribution is 5.89. The van der Waals surface area contributed by atoms with Crippen LogP contribution in [0, 0.1) is 28.6 Å². The number of rotatable bonds is 10. The second-order valence-corrected chi connectivity index (χ2v) is 13.4. The van der Waals surface area contributed by atoms with Crippen LogP contribution in [0.2, 0.25) is 0 Å². The van der Waals surface area contributed by atoms with Crippen molar-refractivity contribution in [1.29, 1.82) is 0 Å². The lowest BCUT2D eigenvalue weighted by Gasteiger charge is -2.73. The fourth-order valence-electron chi connectivity index (χ4n) is 9.55. The Kier molecular flexibility index (Phi) is 7.00. The Labute approximate surface area is 247 Å². The highest BCUT2D eigenvalue weighted by Gasteiger charge is 2.80. The number of piperazine rings is 1. The van der Waals surface area contributed by atoms with Crippen LogP contribution in [0.3, 0.4) is 0 Å². The molecule has 7 rings (SSSR count). The van der Waals surface area contributed by atoms with E-state index in [4.69, 9.17) is 9.47 Å². The summed E-state index contributed by atoms with van der Waals surface area (Å²) in [6.45, 7) is 4.11. The molecule has 42 heavy (non-hydrogen) atoms. The summed E-state index contributed by atoms with van der Waals surface area (Å²) in [6, 6.07) is 15.3. The maximum Gasteiger partial charge on any atom is 0.337 e.